The van der Waals surface area contributed by atoms with Crippen LogP contribution in [-0.4, -0.2) is 18.2 Å². The highest BCUT2D eigenvalue weighted by molar-refractivity contribution is 9.10. The molecule has 3 nitrogen and oxygen atoms in total. The van der Waals surface area contributed by atoms with Gasteiger partial charge in [-0.2, -0.15) is 0 Å². The second kappa shape index (κ2) is 5.16. The third kappa shape index (κ3) is 2.78. The predicted molar refractivity (Wildman–Crippen MR) is 77.9 cm³/mol. The third-order valence-corrected chi connectivity index (χ3v) is 4.50. The molecule has 4 heteroatoms. The minimum atomic E-state index is -0.736. The summed E-state index contributed by atoms with van der Waals surface area (Å²) in [6.45, 7) is 4.23. The van der Waals surface area contributed by atoms with E-state index in [9.17, 15) is 4.79 Å². The Kier molecular flexibility index (Phi) is 3.90. The van der Waals surface area contributed by atoms with Gasteiger partial charge in [-0.15, -0.1) is 0 Å². The van der Waals surface area contributed by atoms with Gasteiger partial charge in [-0.25, -0.2) is 0 Å². The number of methoxy groups -OCH3 is 1. The number of hydrogen-bond acceptors (Lipinski definition) is 2. The van der Waals surface area contributed by atoms with Crippen LogP contribution in [0.25, 0.3) is 0 Å². The maximum Gasteiger partial charge on any atom is 0.304 e. The maximum absolute atomic E-state index is 11.0. The molecule has 0 radical (unpaired) electrons. The second-order valence-electron chi connectivity index (χ2n) is 5.58. The SMILES string of the molecule is COc1cc(C2(CC(=O)O)CC2)cc(Br)c1C(C)C. The van der Waals surface area contributed by atoms with Crippen molar-refractivity contribution in [2.45, 2.75) is 44.4 Å². The number of carboxylic acids is 1. The summed E-state index contributed by atoms with van der Waals surface area (Å²) in [7, 11) is 1.66. The van der Waals surface area contributed by atoms with Crippen molar-refractivity contribution in [3.8, 4) is 5.75 Å². The van der Waals surface area contributed by atoms with E-state index in [-0.39, 0.29) is 11.8 Å². The Labute approximate surface area is 122 Å². The summed E-state index contributed by atoms with van der Waals surface area (Å²) in [6, 6.07) is 4.07. The predicted octanol–water partition coefficient (Wildman–Crippen LogP) is 4.09. The van der Waals surface area contributed by atoms with E-state index in [1.165, 1.54) is 0 Å². The number of carboxylic acid groups (broad SMARTS) is 1. The number of carbonyl (C=O) groups is 1. The van der Waals surface area contributed by atoms with Crippen LogP contribution in [0.4, 0.5) is 0 Å². The molecule has 1 fully saturated rings. The molecule has 0 heterocycles. The van der Waals surface area contributed by atoms with Crippen molar-refractivity contribution in [1.29, 1.82) is 0 Å². The van der Waals surface area contributed by atoms with Crippen LogP contribution in [-0.2, 0) is 10.2 Å². The Hall–Kier alpha value is -1.03. The van der Waals surface area contributed by atoms with Crippen LogP contribution in [0.5, 0.6) is 5.75 Å². The van der Waals surface area contributed by atoms with Crippen LogP contribution in [0.2, 0.25) is 0 Å². The van der Waals surface area contributed by atoms with Gasteiger partial charge in [0.15, 0.2) is 0 Å². The minimum Gasteiger partial charge on any atom is -0.496 e. The lowest BCUT2D eigenvalue weighted by Gasteiger charge is -2.20. The van der Waals surface area contributed by atoms with Gasteiger partial charge in [0.05, 0.1) is 13.5 Å². The summed E-state index contributed by atoms with van der Waals surface area (Å²) >= 11 is 3.60. The van der Waals surface area contributed by atoms with Gasteiger partial charge in [0.25, 0.3) is 0 Å². The molecule has 1 aliphatic carbocycles. The van der Waals surface area contributed by atoms with Crippen molar-refractivity contribution in [2.24, 2.45) is 0 Å². The molecule has 1 aromatic rings. The summed E-state index contributed by atoms with van der Waals surface area (Å²) in [5, 5.41) is 9.05. The summed E-state index contributed by atoms with van der Waals surface area (Å²) in [4.78, 5) is 11.0. The zero-order valence-corrected chi connectivity index (χ0v) is 13.1. The van der Waals surface area contributed by atoms with Crippen LogP contribution in [0.3, 0.4) is 0 Å². The molecule has 0 atom stereocenters. The summed E-state index contributed by atoms with van der Waals surface area (Å²) in [5.41, 5.74) is 2.03. The number of benzene rings is 1. The molecule has 19 heavy (non-hydrogen) atoms. The molecule has 0 unspecified atom stereocenters. The molecule has 0 amide bonds. The zero-order chi connectivity index (χ0) is 14.2. The van der Waals surface area contributed by atoms with Gasteiger partial charge in [-0.05, 0) is 36.5 Å². The van der Waals surface area contributed by atoms with Crippen molar-refractivity contribution < 1.29 is 14.6 Å². The van der Waals surface area contributed by atoms with Crippen LogP contribution in [0.15, 0.2) is 16.6 Å². The van der Waals surface area contributed by atoms with Gasteiger partial charge in [-0.1, -0.05) is 29.8 Å². The average molecular weight is 327 g/mol. The molecule has 0 saturated heterocycles. The van der Waals surface area contributed by atoms with E-state index in [4.69, 9.17) is 9.84 Å². The fourth-order valence-electron chi connectivity index (χ4n) is 2.64. The first-order chi connectivity index (χ1) is 8.89. The van der Waals surface area contributed by atoms with E-state index in [1.807, 2.05) is 6.07 Å². The van der Waals surface area contributed by atoms with Gasteiger partial charge >= 0.3 is 5.97 Å². The summed E-state index contributed by atoms with van der Waals surface area (Å²) in [5.74, 6) is 0.463. The fourth-order valence-corrected chi connectivity index (χ4v) is 3.54. The highest BCUT2D eigenvalue weighted by atomic mass is 79.9. The first-order valence-corrected chi connectivity index (χ1v) is 7.28. The molecule has 1 N–H and O–H groups in total. The first kappa shape index (κ1) is 14.4. The molecule has 0 bridgehead atoms. The zero-order valence-electron chi connectivity index (χ0n) is 11.5. The number of ether oxygens (including phenoxy) is 1. The first-order valence-electron chi connectivity index (χ1n) is 6.49. The third-order valence-electron chi connectivity index (χ3n) is 3.84. The number of aliphatic carboxylic acids is 1. The summed E-state index contributed by atoms with van der Waals surface area (Å²) in [6.07, 6.45) is 2.08. The Bertz CT molecular complexity index is 504. The highest BCUT2D eigenvalue weighted by Crippen LogP contribution is 2.53. The Balaban J connectivity index is 2.44. The highest BCUT2D eigenvalue weighted by Gasteiger charge is 2.46. The second-order valence-corrected chi connectivity index (χ2v) is 6.43. The monoisotopic (exact) mass is 326 g/mol. The smallest absolute Gasteiger partial charge is 0.304 e. The lowest BCUT2D eigenvalue weighted by molar-refractivity contribution is -0.137. The quantitative estimate of drug-likeness (QED) is 0.886. The fraction of sp³-hybridized carbons (Fsp3) is 0.533. The Morgan fingerprint density at radius 1 is 1.47 bits per heavy atom. The molecule has 0 aromatic heterocycles. The van der Waals surface area contributed by atoms with Crippen molar-refractivity contribution in [1.82, 2.24) is 0 Å². The van der Waals surface area contributed by atoms with Crippen molar-refractivity contribution in [3.05, 3.63) is 27.7 Å². The molecule has 0 spiro atoms. The molecule has 1 aliphatic rings. The molecule has 0 aliphatic heterocycles. The molecule has 104 valence electrons. The van der Waals surface area contributed by atoms with Crippen molar-refractivity contribution in [3.63, 3.8) is 0 Å². The van der Waals surface area contributed by atoms with Crippen molar-refractivity contribution in [2.75, 3.05) is 7.11 Å². The van der Waals surface area contributed by atoms with Crippen molar-refractivity contribution >= 4 is 21.9 Å². The van der Waals surface area contributed by atoms with Gasteiger partial charge in [0.2, 0.25) is 0 Å². The number of halogens is 1. The van der Waals surface area contributed by atoms with Gasteiger partial charge < -0.3 is 9.84 Å². The van der Waals surface area contributed by atoms with Crippen LogP contribution < -0.4 is 4.74 Å². The van der Waals surface area contributed by atoms with E-state index in [2.05, 4.69) is 35.8 Å². The van der Waals surface area contributed by atoms with E-state index in [0.29, 0.717) is 5.92 Å². The average Bonchev–Trinajstić information content (AvgIpc) is 3.07. The number of rotatable bonds is 5. The van der Waals surface area contributed by atoms with Gasteiger partial charge in [-0.3, -0.25) is 4.79 Å². The summed E-state index contributed by atoms with van der Waals surface area (Å²) < 4.78 is 6.49. The largest absolute Gasteiger partial charge is 0.496 e. The van der Waals surface area contributed by atoms with Gasteiger partial charge in [0.1, 0.15) is 5.75 Å². The van der Waals surface area contributed by atoms with Gasteiger partial charge in [0, 0.05) is 15.5 Å². The van der Waals surface area contributed by atoms with Crippen LogP contribution in [0, 0.1) is 0 Å². The topological polar surface area (TPSA) is 46.5 Å². The Morgan fingerprint density at radius 3 is 2.53 bits per heavy atom. The van der Waals surface area contributed by atoms with E-state index >= 15 is 0 Å². The normalized spacial score (nSPS) is 16.5. The lowest BCUT2D eigenvalue weighted by Crippen LogP contribution is -2.13. The van der Waals surface area contributed by atoms with E-state index in [0.717, 1.165) is 34.2 Å². The van der Waals surface area contributed by atoms with E-state index < -0.39 is 5.97 Å². The molecule has 2 rings (SSSR count). The minimum absolute atomic E-state index is 0.183. The van der Waals surface area contributed by atoms with E-state index in [1.54, 1.807) is 7.11 Å². The lowest BCUT2D eigenvalue weighted by atomic mass is 9.89. The number of hydrogen-bond donors (Lipinski definition) is 1. The maximum atomic E-state index is 11.0. The standard InChI is InChI=1S/C15H19BrO3/c1-9(2)14-11(16)6-10(7-12(14)19-3)15(4-5-15)8-13(17)18/h6-7,9H,4-5,8H2,1-3H3,(H,17,18). The Morgan fingerprint density at radius 2 is 2.11 bits per heavy atom. The molecular weight excluding hydrogens is 308 g/mol. The van der Waals surface area contributed by atoms with Crippen LogP contribution in [0.1, 0.15) is 50.2 Å². The molecule has 1 aromatic carbocycles. The molecular formula is C15H19BrO3. The molecule has 1 saturated carbocycles. The van der Waals surface area contributed by atoms with Crippen LogP contribution >= 0.6 is 15.9 Å².